The standard InChI is InChI=1S/C12H24N2O2S/c1-17(15,16)11-10-13-6-8-14(9-7-13)12-4-2-3-5-12/h12H,2-11H2,1H3. The predicted molar refractivity (Wildman–Crippen MR) is 70.0 cm³/mol. The largest absolute Gasteiger partial charge is 0.300 e. The van der Waals surface area contributed by atoms with Gasteiger partial charge in [-0.15, -0.1) is 0 Å². The molecule has 1 saturated carbocycles. The average Bonchev–Trinajstić information content (AvgIpc) is 2.79. The molecule has 0 radical (unpaired) electrons. The Balaban J connectivity index is 1.70. The summed E-state index contributed by atoms with van der Waals surface area (Å²) in [6.07, 6.45) is 6.83. The van der Waals surface area contributed by atoms with Crippen LogP contribution in [0.4, 0.5) is 0 Å². The molecule has 100 valence electrons. The highest BCUT2D eigenvalue weighted by molar-refractivity contribution is 7.90. The molecule has 0 aromatic heterocycles. The van der Waals surface area contributed by atoms with Gasteiger partial charge in [-0.3, -0.25) is 9.80 Å². The lowest BCUT2D eigenvalue weighted by Gasteiger charge is -2.37. The molecule has 0 aromatic rings. The Bertz CT molecular complexity index is 328. The number of hydrogen-bond acceptors (Lipinski definition) is 4. The van der Waals surface area contributed by atoms with E-state index in [4.69, 9.17) is 0 Å². The first-order valence-corrected chi connectivity index (χ1v) is 8.75. The Kier molecular flexibility index (Phi) is 4.44. The number of nitrogens with zero attached hydrogens (tertiary/aromatic N) is 2. The average molecular weight is 260 g/mol. The predicted octanol–water partition coefficient (Wildman–Crippen LogP) is 0.591. The lowest BCUT2D eigenvalue weighted by molar-refractivity contribution is 0.102. The molecule has 0 N–H and O–H groups in total. The minimum atomic E-state index is -2.81. The maximum absolute atomic E-state index is 11.1. The molecule has 0 aromatic carbocycles. The van der Waals surface area contributed by atoms with Crippen LogP contribution >= 0.6 is 0 Å². The van der Waals surface area contributed by atoms with Crippen LogP contribution in [-0.2, 0) is 9.84 Å². The van der Waals surface area contributed by atoms with Crippen molar-refractivity contribution in [3.05, 3.63) is 0 Å². The molecule has 2 aliphatic rings. The zero-order valence-electron chi connectivity index (χ0n) is 10.8. The first-order valence-electron chi connectivity index (χ1n) is 6.69. The molecule has 5 heteroatoms. The fourth-order valence-electron chi connectivity index (χ4n) is 2.92. The van der Waals surface area contributed by atoms with Gasteiger partial charge in [-0.1, -0.05) is 12.8 Å². The molecule has 2 fully saturated rings. The van der Waals surface area contributed by atoms with Crippen LogP contribution in [0.3, 0.4) is 0 Å². The molecule has 0 amide bonds. The molecule has 1 saturated heterocycles. The van der Waals surface area contributed by atoms with Gasteiger partial charge in [0.15, 0.2) is 0 Å². The second-order valence-electron chi connectivity index (χ2n) is 5.45. The van der Waals surface area contributed by atoms with Crippen molar-refractivity contribution < 1.29 is 8.42 Å². The van der Waals surface area contributed by atoms with Crippen LogP contribution in [0.15, 0.2) is 0 Å². The highest BCUT2D eigenvalue weighted by Crippen LogP contribution is 2.24. The monoisotopic (exact) mass is 260 g/mol. The SMILES string of the molecule is CS(=O)(=O)CCN1CCN(C2CCCC2)CC1. The van der Waals surface area contributed by atoms with E-state index in [-0.39, 0.29) is 0 Å². The van der Waals surface area contributed by atoms with Gasteiger partial charge in [-0.25, -0.2) is 8.42 Å². The lowest BCUT2D eigenvalue weighted by Crippen LogP contribution is -2.50. The molecule has 2 rings (SSSR count). The molecule has 0 unspecified atom stereocenters. The van der Waals surface area contributed by atoms with E-state index in [1.54, 1.807) is 0 Å². The van der Waals surface area contributed by atoms with Crippen molar-refractivity contribution in [2.45, 2.75) is 31.7 Å². The Morgan fingerprint density at radius 3 is 2.18 bits per heavy atom. The Morgan fingerprint density at radius 2 is 1.65 bits per heavy atom. The van der Waals surface area contributed by atoms with Crippen LogP contribution < -0.4 is 0 Å². The second-order valence-corrected chi connectivity index (χ2v) is 7.71. The summed E-state index contributed by atoms with van der Waals surface area (Å²) in [7, 11) is -2.81. The molecular formula is C12H24N2O2S. The van der Waals surface area contributed by atoms with Crippen LogP contribution in [0.5, 0.6) is 0 Å². The summed E-state index contributed by atoms with van der Waals surface area (Å²) in [5, 5.41) is 0. The van der Waals surface area contributed by atoms with Gasteiger partial charge in [0.2, 0.25) is 0 Å². The topological polar surface area (TPSA) is 40.6 Å². The van der Waals surface area contributed by atoms with E-state index in [0.717, 1.165) is 32.2 Å². The van der Waals surface area contributed by atoms with E-state index in [1.807, 2.05) is 0 Å². The van der Waals surface area contributed by atoms with E-state index in [2.05, 4.69) is 9.80 Å². The summed E-state index contributed by atoms with van der Waals surface area (Å²) in [4.78, 5) is 4.89. The second kappa shape index (κ2) is 5.67. The fraction of sp³-hybridized carbons (Fsp3) is 1.00. The summed E-state index contributed by atoms with van der Waals surface area (Å²) in [6.45, 7) is 5.01. The van der Waals surface area contributed by atoms with Crippen molar-refractivity contribution in [3.63, 3.8) is 0 Å². The molecular weight excluding hydrogens is 236 g/mol. The molecule has 1 aliphatic heterocycles. The Hall–Kier alpha value is -0.130. The van der Waals surface area contributed by atoms with Crippen LogP contribution in [0.25, 0.3) is 0 Å². The zero-order chi connectivity index (χ0) is 12.3. The minimum absolute atomic E-state index is 0.302. The summed E-state index contributed by atoms with van der Waals surface area (Å²) >= 11 is 0. The van der Waals surface area contributed by atoms with Crippen molar-refractivity contribution >= 4 is 9.84 Å². The summed E-state index contributed by atoms with van der Waals surface area (Å²) in [6, 6.07) is 0.812. The summed E-state index contributed by atoms with van der Waals surface area (Å²) < 4.78 is 22.2. The van der Waals surface area contributed by atoms with Crippen LogP contribution in [-0.4, -0.2) is 69.0 Å². The third-order valence-electron chi connectivity index (χ3n) is 4.03. The minimum Gasteiger partial charge on any atom is -0.300 e. The molecule has 4 nitrogen and oxygen atoms in total. The Labute approximate surface area is 105 Å². The van der Waals surface area contributed by atoms with Crippen molar-refractivity contribution in [2.75, 3.05) is 44.7 Å². The molecule has 0 atom stereocenters. The van der Waals surface area contributed by atoms with Crippen molar-refractivity contribution in [3.8, 4) is 0 Å². The van der Waals surface area contributed by atoms with Gasteiger partial charge in [0.1, 0.15) is 9.84 Å². The van der Waals surface area contributed by atoms with Gasteiger partial charge in [0, 0.05) is 45.0 Å². The van der Waals surface area contributed by atoms with Gasteiger partial charge in [-0.2, -0.15) is 0 Å². The maximum atomic E-state index is 11.1. The van der Waals surface area contributed by atoms with Gasteiger partial charge in [0.05, 0.1) is 5.75 Å². The van der Waals surface area contributed by atoms with Crippen LogP contribution in [0, 0.1) is 0 Å². The number of piperazine rings is 1. The molecule has 0 spiro atoms. The molecule has 1 heterocycles. The quantitative estimate of drug-likeness (QED) is 0.742. The van der Waals surface area contributed by atoms with E-state index in [9.17, 15) is 8.42 Å². The van der Waals surface area contributed by atoms with Crippen LogP contribution in [0.2, 0.25) is 0 Å². The van der Waals surface area contributed by atoms with E-state index >= 15 is 0 Å². The first kappa shape index (κ1) is 13.3. The third-order valence-corrected chi connectivity index (χ3v) is 4.95. The van der Waals surface area contributed by atoms with Crippen molar-refractivity contribution in [1.29, 1.82) is 0 Å². The number of rotatable bonds is 4. The normalized spacial score (nSPS) is 25.5. The van der Waals surface area contributed by atoms with Gasteiger partial charge in [-0.05, 0) is 12.8 Å². The molecule has 0 bridgehead atoms. The molecule has 17 heavy (non-hydrogen) atoms. The summed E-state index contributed by atoms with van der Waals surface area (Å²) in [5.41, 5.74) is 0. The van der Waals surface area contributed by atoms with Crippen molar-refractivity contribution in [2.24, 2.45) is 0 Å². The highest BCUT2D eigenvalue weighted by atomic mass is 32.2. The first-order chi connectivity index (χ1) is 8.04. The van der Waals surface area contributed by atoms with E-state index < -0.39 is 9.84 Å². The molecule has 1 aliphatic carbocycles. The van der Waals surface area contributed by atoms with Crippen LogP contribution in [0.1, 0.15) is 25.7 Å². The number of sulfone groups is 1. The Morgan fingerprint density at radius 1 is 1.06 bits per heavy atom. The van der Waals surface area contributed by atoms with E-state index in [0.29, 0.717) is 12.3 Å². The van der Waals surface area contributed by atoms with E-state index in [1.165, 1.54) is 31.9 Å². The van der Waals surface area contributed by atoms with Gasteiger partial charge < -0.3 is 0 Å². The number of hydrogen-bond donors (Lipinski definition) is 0. The smallest absolute Gasteiger partial charge is 0.148 e. The fourth-order valence-corrected chi connectivity index (χ4v) is 3.51. The van der Waals surface area contributed by atoms with Gasteiger partial charge in [0.25, 0.3) is 0 Å². The summed E-state index contributed by atoms with van der Waals surface area (Å²) in [5.74, 6) is 0.302. The third kappa shape index (κ3) is 4.23. The lowest BCUT2D eigenvalue weighted by atomic mass is 10.2. The van der Waals surface area contributed by atoms with Gasteiger partial charge >= 0.3 is 0 Å². The zero-order valence-corrected chi connectivity index (χ0v) is 11.6. The highest BCUT2D eigenvalue weighted by Gasteiger charge is 2.26. The van der Waals surface area contributed by atoms with Crippen molar-refractivity contribution in [1.82, 2.24) is 9.80 Å². The maximum Gasteiger partial charge on any atom is 0.148 e.